The van der Waals surface area contributed by atoms with Crippen LogP contribution in [0.4, 0.5) is 5.69 Å². The molecule has 154 valence electrons. The number of aliphatic imine (C=N–C) groups is 1. The first kappa shape index (κ1) is 22.8. The van der Waals surface area contributed by atoms with E-state index in [1.165, 1.54) is 4.90 Å². The van der Waals surface area contributed by atoms with Crippen molar-refractivity contribution in [3.05, 3.63) is 24.3 Å². The maximum Gasteiger partial charge on any atom is 0.329 e. The summed E-state index contributed by atoms with van der Waals surface area (Å²) < 4.78 is 10.6. The monoisotopic (exact) mass is 435 g/mol. The summed E-state index contributed by atoms with van der Waals surface area (Å²) >= 11 is 2.08. The molecule has 0 spiro atoms. The Morgan fingerprint density at radius 2 is 2.00 bits per heavy atom. The molecule has 0 unspecified atom stereocenters. The van der Waals surface area contributed by atoms with Crippen molar-refractivity contribution in [1.82, 2.24) is 0 Å². The van der Waals surface area contributed by atoms with E-state index in [-0.39, 0.29) is 31.2 Å². The third kappa shape index (κ3) is 6.51. The Morgan fingerprint density at radius 3 is 2.62 bits per heavy atom. The minimum Gasteiger partial charge on any atom is -0.494 e. The summed E-state index contributed by atoms with van der Waals surface area (Å²) in [7, 11) is 0. The van der Waals surface area contributed by atoms with Gasteiger partial charge in [-0.05, 0) is 38.1 Å². The number of thioether (sulfide) groups is 2. The van der Waals surface area contributed by atoms with E-state index >= 15 is 0 Å². The van der Waals surface area contributed by atoms with Crippen molar-refractivity contribution in [3.8, 4) is 11.8 Å². The summed E-state index contributed by atoms with van der Waals surface area (Å²) in [5, 5.41) is 7.89. The van der Waals surface area contributed by atoms with Crippen LogP contribution in [0.25, 0.3) is 0 Å². The van der Waals surface area contributed by atoms with Crippen LogP contribution in [0.5, 0.6) is 5.75 Å². The van der Waals surface area contributed by atoms with Crippen LogP contribution in [-0.4, -0.2) is 52.9 Å². The summed E-state index contributed by atoms with van der Waals surface area (Å²) in [5.41, 5.74) is 0.649. The van der Waals surface area contributed by atoms with Crippen molar-refractivity contribution in [3.63, 3.8) is 0 Å². The second-order valence-electron chi connectivity index (χ2n) is 5.63. The minimum absolute atomic E-state index is 0.0211. The van der Waals surface area contributed by atoms with Gasteiger partial charge in [0.2, 0.25) is 5.91 Å². The molecule has 1 heterocycles. The Labute approximate surface area is 177 Å². The lowest BCUT2D eigenvalue weighted by Gasteiger charge is -2.22. The Bertz CT molecular complexity index is 820. The van der Waals surface area contributed by atoms with Crippen molar-refractivity contribution < 1.29 is 23.9 Å². The average molecular weight is 436 g/mol. The molecule has 1 aromatic rings. The van der Waals surface area contributed by atoms with Crippen LogP contribution in [0.2, 0.25) is 0 Å². The highest BCUT2D eigenvalue weighted by Crippen LogP contribution is 2.30. The zero-order chi connectivity index (χ0) is 21.2. The number of amides is 2. The van der Waals surface area contributed by atoms with Crippen LogP contribution in [0.15, 0.2) is 29.3 Å². The highest BCUT2D eigenvalue weighted by Gasteiger charge is 2.36. The van der Waals surface area contributed by atoms with Gasteiger partial charge >= 0.3 is 5.97 Å². The van der Waals surface area contributed by atoms with Gasteiger partial charge in [0.15, 0.2) is 5.25 Å². The first-order valence-corrected chi connectivity index (χ1v) is 10.9. The van der Waals surface area contributed by atoms with Gasteiger partial charge in [-0.2, -0.15) is 10.3 Å². The standard InChI is InChI=1S/C19H21N3O5S2/c1-3-26-14-8-6-13(7-9-14)22(11-5-10-20)15(23)12-28-19-21-17(24)16(29-19)18(25)27-4-2/h6-9,16H,3-5,11-12H2,1-2H3/t16-/m1/s1. The number of hydrogen-bond acceptors (Lipinski definition) is 8. The zero-order valence-electron chi connectivity index (χ0n) is 16.1. The fraction of sp³-hybridized carbons (Fsp3) is 0.421. The van der Waals surface area contributed by atoms with Gasteiger partial charge in [0.1, 0.15) is 10.1 Å². The molecule has 1 atom stereocenters. The molecular formula is C19H21N3O5S2. The number of esters is 1. The van der Waals surface area contributed by atoms with Crippen molar-refractivity contribution in [2.24, 2.45) is 4.99 Å². The van der Waals surface area contributed by atoms with E-state index in [9.17, 15) is 14.4 Å². The molecule has 8 nitrogen and oxygen atoms in total. The van der Waals surface area contributed by atoms with E-state index in [0.29, 0.717) is 22.4 Å². The maximum absolute atomic E-state index is 12.7. The first-order chi connectivity index (χ1) is 14.0. The van der Waals surface area contributed by atoms with Gasteiger partial charge < -0.3 is 14.4 Å². The minimum atomic E-state index is -1.01. The second kappa shape index (κ2) is 11.5. The van der Waals surface area contributed by atoms with E-state index in [0.717, 1.165) is 23.5 Å². The molecule has 0 fully saturated rings. The molecule has 10 heteroatoms. The molecule has 2 rings (SSSR count). The summed E-state index contributed by atoms with van der Waals surface area (Å²) in [6.45, 7) is 4.51. The van der Waals surface area contributed by atoms with Crippen LogP contribution in [0.3, 0.4) is 0 Å². The molecule has 0 bridgehead atoms. The molecule has 29 heavy (non-hydrogen) atoms. The smallest absolute Gasteiger partial charge is 0.329 e. The predicted molar refractivity (Wildman–Crippen MR) is 113 cm³/mol. The number of anilines is 1. The fourth-order valence-corrected chi connectivity index (χ4v) is 4.37. The van der Waals surface area contributed by atoms with Gasteiger partial charge in [-0.25, -0.2) is 0 Å². The molecule has 0 N–H and O–H groups in total. The van der Waals surface area contributed by atoms with Crippen molar-refractivity contribution in [2.45, 2.75) is 25.5 Å². The molecule has 0 saturated carbocycles. The molecule has 2 amide bonds. The van der Waals surface area contributed by atoms with Gasteiger partial charge in [-0.15, -0.1) is 0 Å². The van der Waals surface area contributed by atoms with Crippen LogP contribution in [-0.2, 0) is 19.1 Å². The number of carbonyl (C=O) groups is 3. The van der Waals surface area contributed by atoms with E-state index in [1.54, 1.807) is 31.2 Å². The van der Waals surface area contributed by atoms with Crippen molar-refractivity contribution in [2.75, 3.05) is 30.4 Å². The third-order valence-corrected chi connectivity index (χ3v) is 5.97. The highest BCUT2D eigenvalue weighted by molar-refractivity contribution is 8.40. The number of hydrogen-bond donors (Lipinski definition) is 0. The van der Waals surface area contributed by atoms with Gasteiger partial charge in [0, 0.05) is 12.2 Å². The molecule has 1 aromatic carbocycles. The summed E-state index contributed by atoms with van der Waals surface area (Å²) in [6, 6.07) is 9.08. The van der Waals surface area contributed by atoms with Gasteiger partial charge in [0.05, 0.1) is 31.5 Å². The van der Waals surface area contributed by atoms with Gasteiger partial charge in [-0.1, -0.05) is 23.5 Å². The maximum atomic E-state index is 12.7. The fourth-order valence-electron chi connectivity index (χ4n) is 2.41. The SMILES string of the molecule is CCOC(=O)[C@@H]1SC(SCC(=O)N(CCC#N)c2ccc(OCC)cc2)=NC1=O. The topological polar surface area (TPSA) is 109 Å². The normalized spacial score (nSPS) is 15.4. The number of nitriles is 1. The third-order valence-electron chi connectivity index (χ3n) is 3.67. The predicted octanol–water partition coefficient (Wildman–Crippen LogP) is 2.63. The largest absolute Gasteiger partial charge is 0.494 e. The number of benzene rings is 1. The lowest BCUT2D eigenvalue weighted by atomic mass is 10.2. The number of rotatable bonds is 9. The summed E-state index contributed by atoms with van der Waals surface area (Å²) in [6.07, 6.45) is 0.183. The summed E-state index contributed by atoms with van der Waals surface area (Å²) in [4.78, 5) is 41.7. The number of carbonyl (C=O) groups excluding carboxylic acids is 3. The molecule has 1 aliphatic heterocycles. The highest BCUT2D eigenvalue weighted by atomic mass is 32.2. The molecule has 0 aromatic heterocycles. The Morgan fingerprint density at radius 1 is 1.28 bits per heavy atom. The molecule has 0 radical (unpaired) electrons. The van der Waals surface area contributed by atoms with Crippen LogP contribution < -0.4 is 9.64 Å². The molecular weight excluding hydrogens is 414 g/mol. The zero-order valence-corrected chi connectivity index (χ0v) is 17.8. The van der Waals surface area contributed by atoms with Crippen LogP contribution in [0.1, 0.15) is 20.3 Å². The van der Waals surface area contributed by atoms with Gasteiger partial charge in [0.25, 0.3) is 5.91 Å². The Balaban J connectivity index is 2.00. The number of nitrogens with zero attached hydrogens (tertiary/aromatic N) is 3. The summed E-state index contributed by atoms with van der Waals surface area (Å²) in [5.74, 6) is -0.717. The van der Waals surface area contributed by atoms with Gasteiger partial charge in [-0.3, -0.25) is 14.4 Å². The lowest BCUT2D eigenvalue weighted by molar-refractivity contribution is -0.144. The number of ether oxygens (including phenoxy) is 2. The van der Waals surface area contributed by atoms with Crippen molar-refractivity contribution in [1.29, 1.82) is 5.26 Å². The van der Waals surface area contributed by atoms with Crippen LogP contribution in [0, 0.1) is 11.3 Å². The molecule has 0 saturated heterocycles. The quantitative estimate of drug-likeness (QED) is 0.430. The molecule has 0 aliphatic carbocycles. The van der Waals surface area contributed by atoms with Crippen LogP contribution >= 0.6 is 23.5 Å². The molecule has 1 aliphatic rings. The Hall–Kier alpha value is -2.51. The van der Waals surface area contributed by atoms with Crippen molar-refractivity contribution >= 4 is 51.4 Å². The Kier molecular flexibility index (Phi) is 9.02. The average Bonchev–Trinajstić information content (AvgIpc) is 3.09. The second-order valence-corrected chi connectivity index (χ2v) is 7.95. The van der Waals surface area contributed by atoms with E-state index in [4.69, 9.17) is 14.7 Å². The van der Waals surface area contributed by atoms with E-state index in [1.807, 2.05) is 13.0 Å². The van der Waals surface area contributed by atoms with E-state index in [2.05, 4.69) is 4.99 Å². The first-order valence-electron chi connectivity index (χ1n) is 8.98. The lowest BCUT2D eigenvalue weighted by Crippen LogP contribution is -2.33. The van der Waals surface area contributed by atoms with E-state index < -0.39 is 17.1 Å².